The van der Waals surface area contributed by atoms with Crippen molar-refractivity contribution in [2.45, 2.75) is 51.5 Å². The van der Waals surface area contributed by atoms with Crippen molar-refractivity contribution in [3.63, 3.8) is 0 Å². The van der Waals surface area contributed by atoms with Crippen molar-refractivity contribution < 1.29 is 0 Å². The molecule has 2 atom stereocenters. The van der Waals surface area contributed by atoms with Crippen molar-refractivity contribution in [1.82, 2.24) is 15.5 Å². The van der Waals surface area contributed by atoms with E-state index in [1.54, 1.807) is 0 Å². The summed E-state index contributed by atoms with van der Waals surface area (Å²) in [6.07, 6.45) is 7.64. The van der Waals surface area contributed by atoms with Crippen molar-refractivity contribution in [2.24, 2.45) is 5.92 Å². The van der Waals surface area contributed by atoms with Crippen LogP contribution in [0.4, 0.5) is 0 Å². The standard InChI is InChI=1S/C13H21N3/c1-9-5-6-11-10(8-9)13(16-15-11)12-4-2-3-7-14-12/h9,12,14H,2-8H2,1H3,(H,15,16). The fourth-order valence-corrected chi connectivity index (χ4v) is 3.07. The molecule has 2 aliphatic rings. The highest BCUT2D eigenvalue weighted by Crippen LogP contribution is 2.31. The molecule has 1 saturated heterocycles. The number of aryl methyl sites for hydroxylation is 1. The van der Waals surface area contributed by atoms with Gasteiger partial charge in [0.25, 0.3) is 0 Å². The first-order chi connectivity index (χ1) is 7.84. The van der Waals surface area contributed by atoms with Gasteiger partial charge >= 0.3 is 0 Å². The topological polar surface area (TPSA) is 40.7 Å². The SMILES string of the molecule is CC1CCc2[nH]nc(C3CCCCN3)c2C1. The van der Waals surface area contributed by atoms with Gasteiger partial charge in [0.1, 0.15) is 0 Å². The van der Waals surface area contributed by atoms with Crippen molar-refractivity contribution in [3.8, 4) is 0 Å². The molecule has 0 aromatic carbocycles. The molecule has 2 unspecified atom stereocenters. The summed E-state index contributed by atoms with van der Waals surface area (Å²) in [6.45, 7) is 3.51. The van der Waals surface area contributed by atoms with Crippen molar-refractivity contribution >= 4 is 0 Å². The molecule has 2 N–H and O–H groups in total. The average Bonchev–Trinajstić information content (AvgIpc) is 2.73. The van der Waals surface area contributed by atoms with E-state index < -0.39 is 0 Å². The van der Waals surface area contributed by atoms with Gasteiger partial charge in [-0.2, -0.15) is 5.10 Å². The van der Waals surface area contributed by atoms with E-state index in [9.17, 15) is 0 Å². The van der Waals surface area contributed by atoms with Gasteiger partial charge in [0, 0.05) is 5.69 Å². The third-order valence-electron chi connectivity index (χ3n) is 4.06. The molecule has 1 aromatic heterocycles. The molecular weight excluding hydrogens is 198 g/mol. The molecule has 3 rings (SSSR count). The van der Waals surface area contributed by atoms with Crippen LogP contribution in [-0.2, 0) is 12.8 Å². The maximum absolute atomic E-state index is 4.57. The fourth-order valence-electron chi connectivity index (χ4n) is 3.07. The lowest BCUT2D eigenvalue weighted by Crippen LogP contribution is -2.28. The Morgan fingerprint density at radius 1 is 1.25 bits per heavy atom. The van der Waals surface area contributed by atoms with Gasteiger partial charge < -0.3 is 5.32 Å². The number of aromatic nitrogens is 2. The molecule has 0 radical (unpaired) electrons. The van der Waals surface area contributed by atoms with Gasteiger partial charge in [-0.1, -0.05) is 13.3 Å². The Bertz CT molecular complexity index is 363. The molecule has 88 valence electrons. The monoisotopic (exact) mass is 219 g/mol. The quantitative estimate of drug-likeness (QED) is 0.761. The van der Waals surface area contributed by atoms with Crippen LogP contribution >= 0.6 is 0 Å². The van der Waals surface area contributed by atoms with Crippen LogP contribution in [-0.4, -0.2) is 16.7 Å². The molecule has 1 aliphatic carbocycles. The van der Waals surface area contributed by atoms with Gasteiger partial charge in [0.2, 0.25) is 0 Å². The number of fused-ring (bicyclic) bond motifs is 1. The first kappa shape index (κ1) is 10.3. The Kier molecular flexibility index (Phi) is 2.72. The summed E-state index contributed by atoms with van der Waals surface area (Å²) in [5.74, 6) is 0.826. The van der Waals surface area contributed by atoms with E-state index in [4.69, 9.17) is 0 Å². The van der Waals surface area contributed by atoms with Gasteiger partial charge in [0.05, 0.1) is 11.7 Å². The maximum Gasteiger partial charge on any atom is 0.0826 e. The lowest BCUT2D eigenvalue weighted by Gasteiger charge is -2.25. The van der Waals surface area contributed by atoms with E-state index in [0.29, 0.717) is 6.04 Å². The van der Waals surface area contributed by atoms with Crippen LogP contribution in [0.25, 0.3) is 0 Å². The van der Waals surface area contributed by atoms with Crippen molar-refractivity contribution in [3.05, 3.63) is 17.0 Å². The second kappa shape index (κ2) is 4.21. The smallest absolute Gasteiger partial charge is 0.0826 e. The molecule has 1 fully saturated rings. The van der Waals surface area contributed by atoms with E-state index in [-0.39, 0.29) is 0 Å². The molecule has 0 amide bonds. The third kappa shape index (κ3) is 1.77. The predicted octanol–water partition coefficient (Wildman–Crippen LogP) is 2.35. The summed E-state index contributed by atoms with van der Waals surface area (Å²) in [4.78, 5) is 0. The van der Waals surface area contributed by atoms with Crippen LogP contribution in [0.2, 0.25) is 0 Å². The van der Waals surface area contributed by atoms with Gasteiger partial charge in [-0.25, -0.2) is 0 Å². The highest BCUT2D eigenvalue weighted by Gasteiger charge is 2.26. The molecule has 16 heavy (non-hydrogen) atoms. The number of hydrogen-bond acceptors (Lipinski definition) is 2. The molecule has 0 saturated carbocycles. The summed E-state index contributed by atoms with van der Waals surface area (Å²) in [7, 11) is 0. The van der Waals surface area contributed by atoms with Crippen LogP contribution in [0.15, 0.2) is 0 Å². The minimum absolute atomic E-state index is 0.513. The largest absolute Gasteiger partial charge is 0.309 e. The zero-order chi connectivity index (χ0) is 11.0. The number of piperidine rings is 1. The normalized spacial score (nSPS) is 30.1. The minimum atomic E-state index is 0.513. The highest BCUT2D eigenvalue weighted by molar-refractivity contribution is 5.30. The average molecular weight is 219 g/mol. The van der Waals surface area contributed by atoms with Crippen molar-refractivity contribution in [1.29, 1.82) is 0 Å². The lowest BCUT2D eigenvalue weighted by molar-refractivity contribution is 0.399. The number of nitrogens with one attached hydrogen (secondary N) is 2. The Morgan fingerprint density at radius 3 is 3.00 bits per heavy atom. The predicted molar refractivity (Wildman–Crippen MR) is 64.4 cm³/mol. The fraction of sp³-hybridized carbons (Fsp3) is 0.769. The Hall–Kier alpha value is -0.830. The van der Waals surface area contributed by atoms with Gasteiger partial charge in [-0.05, 0) is 50.1 Å². The molecule has 2 heterocycles. The number of nitrogens with zero attached hydrogens (tertiary/aromatic N) is 1. The summed E-state index contributed by atoms with van der Waals surface area (Å²) >= 11 is 0. The number of hydrogen-bond donors (Lipinski definition) is 2. The molecule has 3 nitrogen and oxygen atoms in total. The van der Waals surface area contributed by atoms with Crippen LogP contribution < -0.4 is 5.32 Å². The Labute approximate surface area is 97.0 Å². The molecule has 3 heteroatoms. The molecule has 1 aliphatic heterocycles. The van der Waals surface area contributed by atoms with Crippen LogP contribution in [0.3, 0.4) is 0 Å². The minimum Gasteiger partial charge on any atom is -0.309 e. The lowest BCUT2D eigenvalue weighted by atomic mass is 9.85. The molecular formula is C13H21N3. The van der Waals surface area contributed by atoms with Gasteiger partial charge in [0.15, 0.2) is 0 Å². The van der Waals surface area contributed by atoms with E-state index >= 15 is 0 Å². The summed E-state index contributed by atoms with van der Waals surface area (Å²) < 4.78 is 0. The summed E-state index contributed by atoms with van der Waals surface area (Å²) in [5.41, 5.74) is 4.25. The first-order valence-electron chi connectivity index (χ1n) is 6.64. The van der Waals surface area contributed by atoms with Gasteiger partial charge in [-0.3, -0.25) is 5.10 Å². The van der Waals surface area contributed by atoms with E-state index in [1.807, 2.05) is 0 Å². The number of H-pyrrole nitrogens is 1. The second-order valence-electron chi connectivity index (χ2n) is 5.42. The third-order valence-corrected chi connectivity index (χ3v) is 4.06. The Morgan fingerprint density at radius 2 is 2.19 bits per heavy atom. The second-order valence-corrected chi connectivity index (χ2v) is 5.42. The zero-order valence-electron chi connectivity index (χ0n) is 10.1. The molecule has 1 aromatic rings. The first-order valence-corrected chi connectivity index (χ1v) is 6.64. The van der Waals surface area contributed by atoms with Crippen molar-refractivity contribution in [2.75, 3.05) is 6.54 Å². The maximum atomic E-state index is 4.57. The number of aromatic amines is 1. The van der Waals surface area contributed by atoms with Gasteiger partial charge in [-0.15, -0.1) is 0 Å². The molecule has 0 spiro atoms. The van der Waals surface area contributed by atoms with Crippen LogP contribution in [0.1, 0.15) is 55.6 Å². The molecule has 0 bridgehead atoms. The zero-order valence-corrected chi connectivity index (χ0v) is 10.1. The van der Waals surface area contributed by atoms with Crippen LogP contribution in [0, 0.1) is 5.92 Å². The highest BCUT2D eigenvalue weighted by atomic mass is 15.1. The number of rotatable bonds is 1. The van der Waals surface area contributed by atoms with Crippen LogP contribution in [0.5, 0.6) is 0 Å². The summed E-state index contributed by atoms with van der Waals surface area (Å²) in [6, 6.07) is 0.513. The Balaban J connectivity index is 1.86. The van der Waals surface area contributed by atoms with E-state index in [0.717, 1.165) is 12.5 Å². The van der Waals surface area contributed by atoms with E-state index in [1.165, 1.54) is 55.5 Å². The van der Waals surface area contributed by atoms with E-state index in [2.05, 4.69) is 22.4 Å². The summed E-state index contributed by atoms with van der Waals surface area (Å²) in [5, 5.41) is 11.4.